The van der Waals surface area contributed by atoms with Crippen molar-refractivity contribution in [1.82, 2.24) is 14.8 Å². The summed E-state index contributed by atoms with van der Waals surface area (Å²) in [6.45, 7) is 3.85. The zero-order valence-electron chi connectivity index (χ0n) is 15.3. The average molecular weight is 378 g/mol. The van der Waals surface area contributed by atoms with Gasteiger partial charge in [-0.15, -0.1) is 11.3 Å². The molecule has 2 fully saturated rings. The first-order valence-corrected chi connectivity index (χ1v) is 10.6. The summed E-state index contributed by atoms with van der Waals surface area (Å²) in [5.74, 6) is 0.0861. The molecule has 27 heavy (non-hydrogen) atoms. The molecule has 2 aliphatic rings. The number of amides is 1. The minimum Gasteiger partial charge on any atom is -0.334 e. The molecule has 3 aromatic rings. The standard InChI is InChI=1S/C22H23N3OS/c26-22(25-13-12-24-11-4-3-8-17(24)14-25)20-15-27-21(23-20)19-10-5-7-16-6-1-2-9-18(16)19/h1-2,5-7,9-10,15,17H,3-4,8,11-14H2. The molecule has 1 unspecified atom stereocenters. The molecule has 2 saturated heterocycles. The van der Waals surface area contributed by atoms with Gasteiger partial charge in [0, 0.05) is 36.6 Å². The van der Waals surface area contributed by atoms with Gasteiger partial charge in [0.25, 0.3) is 5.91 Å². The van der Waals surface area contributed by atoms with Gasteiger partial charge in [-0.3, -0.25) is 9.69 Å². The van der Waals surface area contributed by atoms with Crippen LogP contribution in [-0.4, -0.2) is 52.9 Å². The van der Waals surface area contributed by atoms with Crippen LogP contribution in [0.2, 0.25) is 0 Å². The smallest absolute Gasteiger partial charge is 0.273 e. The largest absolute Gasteiger partial charge is 0.334 e. The molecule has 1 amide bonds. The highest BCUT2D eigenvalue weighted by Crippen LogP contribution is 2.31. The van der Waals surface area contributed by atoms with Gasteiger partial charge in [-0.25, -0.2) is 4.98 Å². The third-order valence-electron chi connectivity index (χ3n) is 5.87. The number of rotatable bonds is 2. The fourth-order valence-corrected chi connectivity index (χ4v) is 5.24. The molecule has 2 aliphatic heterocycles. The van der Waals surface area contributed by atoms with Crippen molar-refractivity contribution in [2.45, 2.75) is 25.3 Å². The molecule has 0 N–H and O–H groups in total. The van der Waals surface area contributed by atoms with Gasteiger partial charge in [-0.05, 0) is 30.2 Å². The fourth-order valence-electron chi connectivity index (χ4n) is 4.41. The highest BCUT2D eigenvalue weighted by Gasteiger charge is 2.32. The third kappa shape index (κ3) is 3.15. The van der Waals surface area contributed by atoms with E-state index < -0.39 is 0 Å². The van der Waals surface area contributed by atoms with Crippen molar-refractivity contribution in [2.75, 3.05) is 26.2 Å². The lowest BCUT2D eigenvalue weighted by Gasteiger charge is -2.43. The van der Waals surface area contributed by atoms with E-state index in [1.54, 1.807) is 11.3 Å². The monoisotopic (exact) mass is 377 g/mol. The Labute approximate surface area is 163 Å². The lowest BCUT2D eigenvalue weighted by molar-refractivity contribution is 0.0369. The van der Waals surface area contributed by atoms with Crippen LogP contribution in [0, 0.1) is 0 Å². The average Bonchev–Trinajstić information content (AvgIpc) is 3.22. The summed E-state index contributed by atoms with van der Waals surface area (Å²) >= 11 is 1.56. The summed E-state index contributed by atoms with van der Waals surface area (Å²) in [5.41, 5.74) is 1.70. The lowest BCUT2D eigenvalue weighted by Crippen LogP contribution is -2.56. The van der Waals surface area contributed by atoms with E-state index in [0.29, 0.717) is 11.7 Å². The summed E-state index contributed by atoms with van der Waals surface area (Å²) < 4.78 is 0. The number of benzene rings is 2. The first kappa shape index (κ1) is 16.9. The minimum atomic E-state index is 0.0861. The zero-order valence-corrected chi connectivity index (χ0v) is 16.1. The number of thiazole rings is 1. The number of fused-ring (bicyclic) bond motifs is 2. The van der Waals surface area contributed by atoms with E-state index in [9.17, 15) is 4.79 Å². The number of carbonyl (C=O) groups is 1. The SMILES string of the molecule is O=C(c1csc(-c2cccc3ccccc23)n1)N1CCN2CCCCC2C1. The van der Waals surface area contributed by atoms with E-state index in [1.165, 1.54) is 36.6 Å². The maximum atomic E-state index is 13.0. The number of piperidine rings is 1. The van der Waals surface area contributed by atoms with Crippen molar-refractivity contribution in [2.24, 2.45) is 0 Å². The molecule has 5 heteroatoms. The molecule has 0 spiro atoms. The topological polar surface area (TPSA) is 36.4 Å². The van der Waals surface area contributed by atoms with Gasteiger partial charge in [-0.1, -0.05) is 48.9 Å². The summed E-state index contributed by atoms with van der Waals surface area (Å²) in [7, 11) is 0. The Morgan fingerprint density at radius 2 is 1.93 bits per heavy atom. The van der Waals surface area contributed by atoms with Gasteiger partial charge in [0.2, 0.25) is 0 Å². The molecule has 1 aromatic heterocycles. The maximum Gasteiger partial charge on any atom is 0.273 e. The van der Waals surface area contributed by atoms with E-state index in [1.807, 2.05) is 16.3 Å². The Morgan fingerprint density at radius 1 is 1.04 bits per heavy atom. The predicted octanol–water partition coefficient (Wildman–Crippen LogP) is 4.27. The number of piperazine rings is 1. The van der Waals surface area contributed by atoms with Crippen LogP contribution in [0.3, 0.4) is 0 Å². The Hall–Kier alpha value is -2.24. The Balaban J connectivity index is 1.39. The fraction of sp³-hybridized carbons (Fsp3) is 0.364. The lowest BCUT2D eigenvalue weighted by atomic mass is 9.99. The van der Waals surface area contributed by atoms with Crippen molar-refractivity contribution < 1.29 is 4.79 Å². The normalized spacial score (nSPS) is 20.6. The van der Waals surface area contributed by atoms with Gasteiger partial charge < -0.3 is 4.90 Å². The highest BCUT2D eigenvalue weighted by molar-refractivity contribution is 7.13. The van der Waals surface area contributed by atoms with Crippen molar-refractivity contribution in [1.29, 1.82) is 0 Å². The molecular weight excluding hydrogens is 354 g/mol. The van der Waals surface area contributed by atoms with E-state index in [4.69, 9.17) is 4.98 Å². The van der Waals surface area contributed by atoms with Crippen LogP contribution in [0.25, 0.3) is 21.3 Å². The number of aromatic nitrogens is 1. The summed E-state index contributed by atoms with van der Waals surface area (Å²) in [5, 5.41) is 5.23. The molecule has 138 valence electrons. The highest BCUT2D eigenvalue weighted by atomic mass is 32.1. The zero-order chi connectivity index (χ0) is 18.2. The molecule has 0 saturated carbocycles. The molecule has 1 atom stereocenters. The number of carbonyl (C=O) groups excluding carboxylic acids is 1. The van der Waals surface area contributed by atoms with E-state index in [0.717, 1.165) is 30.2 Å². The Morgan fingerprint density at radius 3 is 2.89 bits per heavy atom. The first-order chi connectivity index (χ1) is 13.3. The summed E-state index contributed by atoms with van der Waals surface area (Å²) in [6, 6.07) is 15.1. The Bertz CT molecular complexity index is 977. The van der Waals surface area contributed by atoms with Crippen LogP contribution in [-0.2, 0) is 0 Å². The molecule has 0 radical (unpaired) electrons. The van der Waals surface area contributed by atoms with Crippen molar-refractivity contribution >= 4 is 28.0 Å². The van der Waals surface area contributed by atoms with Crippen molar-refractivity contribution in [3.8, 4) is 10.6 Å². The van der Waals surface area contributed by atoms with E-state index in [2.05, 4.69) is 41.3 Å². The second-order valence-corrected chi connectivity index (χ2v) is 8.36. The summed E-state index contributed by atoms with van der Waals surface area (Å²) in [6.07, 6.45) is 3.79. The molecule has 3 heterocycles. The minimum absolute atomic E-state index is 0.0861. The first-order valence-electron chi connectivity index (χ1n) is 9.76. The van der Waals surface area contributed by atoms with Crippen LogP contribution in [0.4, 0.5) is 0 Å². The second kappa shape index (κ2) is 7.06. The van der Waals surface area contributed by atoms with Gasteiger partial charge in [-0.2, -0.15) is 0 Å². The van der Waals surface area contributed by atoms with Gasteiger partial charge in [0.05, 0.1) is 0 Å². The number of nitrogens with zero attached hydrogens (tertiary/aromatic N) is 3. The molecule has 2 aromatic carbocycles. The molecule has 0 bridgehead atoms. The second-order valence-electron chi connectivity index (χ2n) is 7.50. The van der Waals surface area contributed by atoms with Crippen LogP contribution < -0.4 is 0 Å². The quantitative estimate of drug-likeness (QED) is 0.669. The van der Waals surface area contributed by atoms with Crippen molar-refractivity contribution in [3.63, 3.8) is 0 Å². The Kier molecular flexibility index (Phi) is 4.42. The van der Waals surface area contributed by atoms with Gasteiger partial charge in [0.15, 0.2) is 0 Å². The van der Waals surface area contributed by atoms with Crippen LogP contribution in [0.15, 0.2) is 47.8 Å². The van der Waals surface area contributed by atoms with E-state index >= 15 is 0 Å². The third-order valence-corrected chi connectivity index (χ3v) is 6.74. The molecular formula is C22H23N3OS. The van der Waals surface area contributed by atoms with Crippen LogP contribution in [0.5, 0.6) is 0 Å². The number of hydrogen-bond donors (Lipinski definition) is 0. The number of hydrogen-bond acceptors (Lipinski definition) is 4. The molecule has 0 aliphatic carbocycles. The predicted molar refractivity (Wildman–Crippen MR) is 110 cm³/mol. The van der Waals surface area contributed by atoms with Crippen LogP contribution >= 0.6 is 11.3 Å². The maximum absolute atomic E-state index is 13.0. The van der Waals surface area contributed by atoms with Gasteiger partial charge >= 0.3 is 0 Å². The molecule has 4 nitrogen and oxygen atoms in total. The van der Waals surface area contributed by atoms with Crippen LogP contribution in [0.1, 0.15) is 29.8 Å². The molecule has 5 rings (SSSR count). The van der Waals surface area contributed by atoms with Gasteiger partial charge in [0.1, 0.15) is 10.7 Å². The van der Waals surface area contributed by atoms with Crippen molar-refractivity contribution in [3.05, 3.63) is 53.5 Å². The summed E-state index contributed by atoms with van der Waals surface area (Å²) in [4.78, 5) is 22.3. The van der Waals surface area contributed by atoms with E-state index in [-0.39, 0.29) is 5.91 Å².